The molecule has 1 saturated carbocycles. The minimum absolute atomic E-state index is 0.182. The lowest BCUT2D eigenvalue weighted by molar-refractivity contribution is -0.128. The number of carbonyl (C=O) groups is 1. The first kappa shape index (κ1) is 16.5. The highest BCUT2D eigenvalue weighted by atomic mass is 32.1. The van der Waals surface area contributed by atoms with Crippen LogP contribution in [-0.2, 0) is 10.2 Å². The molecule has 1 heterocycles. The lowest BCUT2D eigenvalue weighted by atomic mass is 9.72. The van der Waals surface area contributed by atoms with E-state index in [0.29, 0.717) is 12.5 Å². The molecule has 1 aromatic heterocycles. The fourth-order valence-electron chi connectivity index (χ4n) is 3.39. The van der Waals surface area contributed by atoms with Crippen molar-refractivity contribution < 1.29 is 9.90 Å². The largest absolute Gasteiger partial charge is 0.393 e. The van der Waals surface area contributed by atoms with E-state index in [-0.39, 0.29) is 17.4 Å². The van der Waals surface area contributed by atoms with Gasteiger partial charge in [-0.2, -0.15) is 0 Å². The van der Waals surface area contributed by atoms with E-state index in [1.54, 1.807) is 18.3 Å². The van der Waals surface area contributed by atoms with Gasteiger partial charge >= 0.3 is 0 Å². The fourth-order valence-corrected chi connectivity index (χ4v) is 4.38. The molecule has 0 spiro atoms. The summed E-state index contributed by atoms with van der Waals surface area (Å²) in [6, 6.07) is 4.15. The lowest BCUT2D eigenvalue weighted by Crippen LogP contribution is -2.46. The summed E-state index contributed by atoms with van der Waals surface area (Å²) in [7, 11) is 0. The minimum Gasteiger partial charge on any atom is -0.393 e. The Hall–Kier alpha value is -0.870. The van der Waals surface area contributed by atoms with Crippen LogP contribution in [0.1, 0.15) is 57.2 Å². The number of rotatable bonds is 6. The number of hydrogen-bond acceptors (Lipinski definition) is 3. The standard InChI is InChI=1S/C17H27NO2S/c1-13(11-14(2)19)12-18-16(20)17(8-4-3-5-9-17)15-7-6-10-21-15/h6-7,10,13-14,19H,3-5,8-9,11-12H2,1-2H3,(H,18,20). The van der Waals surface area contributed by atoms with Gasteiger partial charge in [0, 0.05) is 11.4 Å². The maximum atomic E-state index is 12.8. The Bertz CT molecular complexity index is 436. The number of aliphatic hydroxyl groups excluding tert-OH is 1. The van der Waals surface area contributed by atoms with Crippen LogP contribution >= 0.6 is 11.3 Å². The number of hydrogen-bond donors (Lipinski definition) is 2. The summed E-state index contributed by atoms with van der Waals surface area (Å²) in [5, 5.41) is 14.6. The van der Waals surface area contributed by atoms with Crippen LogP contribution in [0.5, 0.6) is 0 Å². The first-order chi connectivity index (χ1) is 10.0. The molecule has 2 unspecified atom stereocenters. The van der Waals surface area contributed by atoms with Gasteiger partial charge in [0.25, 0.3) is 0 Å². The van der Waals surface area contributed by atoms with Crippen molar-refractivity contribution in [2.75, 3.05) is 6.54 Å². The number of aliphatic hydroxyl groups is 1. The van der Waals surface area contributed by atoms with Gasteiger partial charge in [-0.1, -0.05) is 32.3 Å². The first-order valence-corrected chi connectivity index (χ1v) is 8.93. The molecule has 0 aromatic carbocycles. The van der Waals surface area contributed by atoms with E-state index in [2.05, 4.69) is 23.7 Å². The van der Waals surface area contributed by atoms with Crippen molar-refractivity contribution >= 4 is 17.2 Å². The maximum Gasteiger partial charge on any atom is 0.231 e. The van der Waals surface area contributed by atoms with Crippen LogP contribution in [0.15, 0.2) is 17.5 Å². The zero-order valence-corrected chi connectivity index (χ0v) is 13.9. The zero-order valence-electron chi connectivity index (χ0n) is 13.1. The van der Waals surface area contributed by atoms with Gasteiger partial charge in [0.1, 0.15) is 0 Å². The molecule has 2 N–H and O–H groups in total. The Labute approximate surface area is 131 Å². The molecular formula is C17H27NO2S. The van der Waals surface area contributed by atoms with Crippen molar-refractivity contribution in [3.63, 3.8) is 0 Å². The van der Waals surface area contributed by atoms with Gasteiger partial charge in [-0.05, 0) is 43.6 Å². The normalized spacial score (nSPS) is 20.7. The second-order valence-electron chi connectivity index (χ2n) is 6.52. The van der Waals surface area contributed by atoms with Crippen molar-refractivity contribution in [3.05, 3.63) is 22.4 Å². The zero-order chi connectivity index (χ0) is 15.3. The van der Waals surface area contributed by atoms with Crippen LogP contribution in [0.25, 0.3) is 0 Å². The number of amides is 1. The smallest absolute Gasteiger partial charge is 0.231 e. The number of carbonyl (C=O) groups excluding carboxylic acids is 1. The van der Waals surface area contributed by atoms with Crippen LogP contribution in [-0.4, -0.2) is 23.7 Å². The molecule has 1 aromatic rings. The van der Waals surface area contributed by atoms with Crippen molar-refractivity contribution in [3.8, 4) is 0 Å². The van der Waals surface area contributed by atoms with E-state index in [0.717, 1.165) is 32.1 Å². The summed E-state index contributed by atoms with van der Waals surface area (Å²) in [6.45, 7) is 4.52. The van der Waals surface area contributed by atoms with E-state index < -0.39 is 0 Å². The Morgan fingerprint density at radius 2 is 2.10 bits per heavy atom. The van der Waals surface area contributed by atoms with E-state index in [9.17, 15) is 9.90 Å². The van der Waals surface area contributed by atoms with E-state index in [1.165, 1.54) is 11.3 Å². The fraction of sp³-hybridized carbons (Fsp3) is 0.706. The third-order valence-electron chi connectivity index (χ3n) is 4.49. The molecule has 21 heavy (non-hydrogen) atoms. The molecule has 0 aliphatic heterocycles. The van der Waals surface area contributed by atoms with Crippen LogP contribution in [0.2, 0.25) is 0 Å². The van der Waals surface area contributed by atoms with Gasteiger partial charge in [0.15, 0.2) is 0 Å². The average Bonchev–Trinajstić information content (AvgIpc) is 2.99. The van der Waals surface area contributed by atoms with Crippen molar-refractivity contribution in [1.82, 2.24) is 5.32 Å². The van der Waals surface area contributed by atoms with Gasteiger partial charge in [0.05, 0.1) is 11.5 Å². The Morgan fingerprint density at radius 1 is 1.38 bits per heavy atom. The van der Waals surface area contributed by atoms with Crippen LogP contribution < -0.4 is 5.32 Å². The molecule has 118 valence electrons. The molecule has 1 aliphatic rings. The van der Waals surface area contributed by atoms with E-state index in [1.807, 2.05) is 6.07 Å². The van der Waals surface area contributed by atoms with Crippen LogP contribution in [0.4, 0.5) is 0 Å². The second kappa shape index (κ2) is 7.41. The third-order valence-corrected chi connectivity index (χ3v) is 5.56. The summed E-state index contributed by atoms with van der Waals surface area (Å²) in [5.74, 6) is 0.486. The topological polar surface area (TPSA) is 49.3 Å². The third kappa shape index (κ3) is 4.07. The van der Waals surface area contributed by atoms with Gasteiger partial charge in [0.2, 0.25) is 5.91 Å². The second-order valence-corrected chi connectivity index (χ2v) is 7.47. The van der Waals surface area contributed by atoms with Crippen LogP contribution in [0, 0.1) is 5.92 Å². The molecule has 1 amide bonds. The van der Waals surface area contributed by atoms with Gasteiger partial charge < -0.3 is 10.4 Å². The highest BCUT2D eigenvalue weighted by Crippen LogP contribution is 2.41. The maximum absolute atomic E-state index is 12.8. The Balaban J connectivity index is 2.02. The summed E-state index contributed by atoms with van der Waals surface area (Å²) in [6.07, 6.45) is 5.85. The highest BCUT2D eigenvalue weighted by Gasteiger charge is 2.41. The molecule has 4 heteroatoms. The summed E-state index contributed by atoms with van der Waals surface area (Å²) >= 11 is 1.70. The van der Waals surface area contributed by atoms with Gasteiger partial charge in [-0.15, -0.1) is 11.3 Å². The minimum atomic E-state index is -0.309. The monoisotopic (exact) mass is 309 g/mol. The van der Waals surface area contributed by atoms with E-state index in [4.69, 9.17) is 0 Å². The molecule has 2 rings (SSSR count). The van der Waals surface area contributed by atoms with Gasteiger partial charge in [-0.25, -0.2) is 0 Å². The molecule has 0 radical (unpaired) electrons. The number of nitrogens with one attached hydrogen (secondary N) is 1. The lowest BCUT2D eigenvalue weighted by Gasteiger charge is -2.35. The Morgan fingerprint density at radius 3 is 2.67 bits per heavy atom. The molecule has 0 bridgehead atoms. The van der Waals surface area contributed by atoms with Crippen LogP contribution in [0.3, 0.4) is 0 Å². The molecule has 1 aliphatic carbocycles. The summed E-state index contributed by atoms with van der Waals surface area (Å²) < 4.78 is 0. The first-order valence-electron chi connectivity index (χ1n) is 8.05. The summed E-state index contributed by atoms with van der Waals surface area (Å²) in [5.41, 5.74) is -0.309. The molecule has 2 atom stereocenters. The predicted molar refractivity (Wildman–Crippen MR) is 87.6 cm³/mol. The molecule has 0 saturated heterocycles. The average molecular weight is 309 g/mol. The highest BCUT2D eigenvalue weighted by molar-refractivity contribution is 7.10. The SMILES string of the molecule is CC(O)CC(C)CNC(=O)C1(c2cccs2)CCCCC1. The van der Waals surface area contributed by atoms with E-state index >= 15 is 0 Å². The Kier molecular flexibility index (Phi) is 5.82. The molecule has 1 fully saturated rings. The van der Waals surface area contributed by atoms with Gasteiger partial charge in [-0.3, -0.25) is 4.79 Å². The molecule has 3 nitrogen and oxygen atoms in total. The predicted octanol–water partition coefficient (Wildman–Crippen LogP) is 3.47. The van der Waals surface area contributed by atoms with Crippen molar-refractivity contribution in [2.45, 2.75) is 63.9 Å². The quantitative estimate of drug-likeness (QED) is 0.845. The van der Waals surface area contributed by atoms with Crippen molar-refractivity contribution in [2.24, 2.45) is 5.92 Å². The van der Waals surface area contributed by atoms with Crippen molar-refractivity contribution in [1.29, 1.82) is 0 Å². The summed E-state index contributed by atoms with van der Waals surface area (Å²) in [4.78, 5) is 14.1. The number of thiophene rings is 1. The molecular weight excluding hydrogens is 282 g/mol.